The molecule has 21 heavy (non-hydrogen) atoms. The van der Waals surface area contributed by atoms with E-state index in [-0.39, 0.29) is 6.04 Å². The van der Waals surface area contributed by atoms with E-state index >= 15 is 0 Å². The molecule has 0 aliphatic rings. The smallest absolute Gasteiger partial charge is 0.0890 e. The highest BCUT2D eigenvalue weighted by Crippen LogP contribution is 2.27. The summed E-state index contributed by atoms with van der Waals surface area (Å²) in [4.78, 5) is 8.66. The van der Waals surface area contributed by atoms with Crippen molar-refractivity contribution in [2.45, 2.75) is 19.9 Å². The van der Waals surface area contributed by atoms with Crippen molar-refractivity contribution in [2.75, 3.05) is 0 Å². The molecule has 3 rings (SSSR count). The number of aryl methyl sites for hydroxylation is 1. The van der Waals surface area contributed by atoms with Crippen LogP contribution in [0.2, 0.25) is 0 Å². The Kier molecular flexibility index (Phi) is 3.64. The molecule has 0 saturated heterocycles. The van der Waals surface area contributed by atoms with Gasteiger partial charge in [-0.15, -0.1) is 0 Å². The van der Waals surface area contributed by atoms with Gasteiger partial charge in [-0.1, -0.05) is 24.3 Å². The number of hydrogen-bond acceptors (Lipinski definition) is 4. The second-order valence-corrected chi connectivity index (χ2v) is 5.19. The third-order valence-corrected chi connectivity index (χ3v) is 3.95. The van der Waals surface area contributed by atoms with Crippen molar-refractivity contribution in [1.82, 2.24) is 15.4 Å². The largest absolute Gasteiger partial charge is 0.271 e. The van der Waals surface area contributed by atoms with Crippen LogP contribution in [0.25, 0.3) is 11.0 Å². The zero-order valence-electron chi connectivity index (χ0n) is 12.2. The van der Waals surface area contributed by atoms with Gasteiger partial charge in [0, 0.05) is 12.4 Å². The number of rotatable bonds is 3. The normalized spacial score (nSPS) is 12.5. The minimum Gasteiger partial charge on any atom is -0.271 e. The van der Waals surface area contributed by atoms with Gasteiger partial charge in [-0.2, -0.15) is 0 Å². The number of nitrogens with one attached hydrogen (secondary N) is 1. The predicted molar refractivity (Wildman–Crippen MR) is 84.6 cm³/mol. The maximum atomic E-state index is 5.81. The van der Waals surface area contributed by atoms with Gasteiger partial charge in [0.15, 0.2) is 0 Å². The summed E-state index contributed by atoms with van der Waals surface area (Å²) in [5.41, 5.74) is 9.45. The van der Waals surface area contributed by atoms with Crippen molar-refractivity contribution < 1.29 is 0 Å². The molecule has 3 N–H and O–H groups in total. The van der Waals surface area contributed by atoms with Crippen molar-refractivity contribution in [3.8, 4) is 0 Å². The third-order valence-electron chi connectivity index (χ3n) is 3.95. The van der Waals surface area contributed by atoms with Crippen molar-refractivity contribution in [2.24, 2.45) is 5.84 Å². The topological polar surface area (TPSA) is 63.8 Å². The number of nitrogens with two attached hydrogens (primary N) is 1. The van der Waals surface area contributed by atoms with Crippen LogP contribution in [0.1, 0.15) is 28.3 Å². The third kappa shape index (κ3) is 2.51. The lowest BCUT2D eigenvalue weighted by Gasteiger charge is -2.20. The van der Waals surface area contributed by atoms with Crippen LogP contribution < -0.4 is 11.3 Å². The van der Waals surface area contributed by atoms with Crippen molar-refractivity contribution >= 4 is 11.0 Å². The monoisotopic (exact) mass is 278 g/mol. The average molecular weight is 278 g/mol. The molecule has 4 nitrogen and oxygen atoms in total. The van der Waals surface area contributed by atoms with Gasteiger partial charge in [0.1, 0.15) is 0 Å². The summed E-state index contributed by atoms with van der Waals surface area (Å²) in [7, 11) is 0. The fraction of sp³-hybridized carbons (Fsp3) is 0.176. The van der Waals surface area contributed by atoms with Crippen LogP contribution in [0.4, 0.5) is 0 Å². The Labute approximate surface area is 124 Å². The van der Waals surface area contributed by atoms with E-state index in [9.17, 15) is 0 Å². The molecule has 1 heterocycles. The lowest BCUT2D eigenvalue weighted by molar-refractivity contribution is 0.633. The van der Waals surface area contributed by atoms with Crippen LogP contribution in [0.3, 0.4) is 0 Å². The Morgan fingerprint density at radius 3 is 2.52 bits per heavy atom. The van der Waals surface area contributed by atoms with Gasteiger partial charge in [0.05, 0.1) is 17.1 Å². The van der Waals surface area contributed by atoms with Crippen LogP contribution in [0.5, 0.6) is 0 Å². The van der Waals surface area contributed by atoms with E-state index in [2.05, 4.69) is 47.4 Å². The first kappa shape index (κ1) is 13.7. The minimum absolute atomic E-state index is 0.0590. The van der Waals surface area contributed by atoms with Crippen LogP contribution in [-0.2, 0) is 0 Å². The molecule has 0 radical (unpaired) electrons. The molecule has 0 amide bonds. The van der Waals surface area contributed by atoms with Gasteiger partial charge in [-0.3, -0.25) is 15.8 Å². The summed E-state index contributed by atoms with van der Waals surface area (Å²) in [5, 5.41) is 0. The Morgan fingerprint density at radius 2 is 1.76 bits per heavy atom. The maximum Gasteiger partial charge on any atom is 0.0890 e. The van der Waals surface area contributed by atoms with Gasteiger partial charge in [0.2, 0.25) is 0 Å². The number of hydrazine groups is 1. The van der Waals surface area contributed by atoms with Crippen molar-refractivity contribution in [3.05, 3.63) is 71.0 Å². The molecule has 0 aliphatic heterocycles. The van der Waals surface area contributed by atoms with E-state index < -0.39 is 0 Å². The van der Waals surface area contributed by atoms with E-state index in [1.807, 2.05) is 18.2 Å². The fourth-order valence-electron chi connectivity index (χ4n) is 2.61. The van der Waals surface area contributed by atoms with Crippen LogP contribution >= 0.6 is 0 Å². The molecule has 4 heteroatoms. The molecular weight excluding hydrogens is 260 g/mol. The highest BCUT2D eigenvalue weighted by molar-refractivity contribution is 5.74. The number of fused-ring (bicyclic) bond motifs is 1. The summed E-state index contributed by atoms with van der Waals surface area (Å²) < 4.78 is 0. The van der Waals surface area contributed by atoms with E-state index in [4.69, 9.17) is 5.84 Å². The second kappa shape index (κ2) is 5.60. The van der Waals surface area contributed by atoms with E-state index in [0.29, 0.717) is 0 Å². The summed E-state index contributed by atoms with van der Waals surface area (Å²) in [6, 6.07) is 12.3. The first-order valence-electron chi connectivity index (χ1n) is 6.93. The minimum atomic E-state index is -0.0590. The molecular formula is C17H18N4. The van der Waals surface area contributed by atoms with Crippen LogP contribution in [0, 0.1) is 13.8 Å². The van der Waals surface area contributed by atoms with Gasteiger partial charge in [-0.25, -0.2) is 5.43 Å². The highest BCUT2D eigenvalue weighted by Gasteiger charge is 2.16. The van der Waals surface area contributed by atoms with Gasteiger partial charge in [-0.05, 0) is 48.2 Å². The first-order valence-corrected chi connectivity index (χ1v) is 6.93. The Balaban J connectivity index is 2.11. The molecule has 106 valence electrons. The van der Waals surface area contributed by atoms with E-state index in [1.54, 1.807) is 12.4 Å². The van der Waals surface area contributed by atoms with Crippen molar-refractivity contribution in [1.29, 1.82) is 0 Å². The highest BCUT2D eigenvalue weighted by atomic mass is 15.2. The van der Waals surface area contributed by atoms with Gasteiger partial charge >= 0.3 is 0 Å². The molecule has 3 aromatic rings. The SMILES string of the molecule is Cc1cccc(C(NN)c2ccc3nccnc3c2)c1C. The zero-order valence-corrected chi connectivity index (χ0v) is 12.2. The number of benzene rings is 2. The molecule has 0 fully saturated rings. The zero-order chi connectivity index (χ0) is 14.8. The fourth-order valence-corrected chi connectivity index (χ4v) is 2.61. The van der Waals surface area contributed by atoms with Gasteiger partial charge in [0.25, 0.3) is 0 Å². The Bertz CT molecular complexity index is 783. The molecule has 0 spiro atoms. The molecule has 1 atom stereocenters. The number of aromatic nitrogens is 2. The molecule has 1 aromatic heterocycles. The van der Waals surface area contributed by atoms with E-state index in [0.717, 1.165) is 16.6 Å². The Hall–Kier alpha value is -2.30. The van der Waals surface area contributed by atoms with Crippen LogP contribution in [-0.4, -0.2) is 9.97 Å². The van der Waals surface area contributed by atoms with Crippen molar-refractivity contribution in [3.63, 3.8) is 0 Å². The van der Waals surface area contributed by atoms with Crippen LogP contribution in [0.15, 0.2) is 48.8 Å². The second-order valence-electron chi connectivity index (χ2n) is 5.19. The number of hydrogen-bond donors (Lipinski definition) is 2. The maximum absolute atomic E-state index is 5.81. The standard InChI is InChI=1S/C17H18N4/c1-11-4-3-5-14(12(11)2)17(21-18)13-6-7-15-16(10-13)20-9-8-19-15/h3-10,17,21H,18H2,1-2H3. The average Bonchev–Trinajstić information content (AvgIpc) is 2.52. The molecule has 2 aromatic carbocycles. The molecule has 0 aliphatic carbocycles. The molecule has 1 unspecified atom stereocenters. The van der Waals surface area contributed by atoms with Gasteiger partial charge < -0.3 is 0 Å². The lowest BCUT2D eigenvalue weighted by Crippen LogP contribution is -2.29. The first-order chi connectivity index (χ1) is 10.2. The molecule has 0 saturated carbocycles. The summed E-state index contributed by atoms with van der Waals surface area (Å²) >= 11 is 0. The summed E-state index contributed by atoms with van der Waals surface area (Å²) in [6.07, 6.45) is 3.40. The van der Waals surface area contributed by atoms with E-state index in [1.165, 1.54) is 16.7 Å². The Morgan fingerprint density at radius 1 is 1.00 bits per heavy atom. The summed E-state index contributed by atoms with van der Waals surface area (Å²) in [6.45, 7) is 4.23. The summed E-state index contributed by atoms with van der Waals surface area (Å²) in [5.74, 6) is 5.81. The lowest BCUT2D eigenvalue weighted by atomic mass is 9.93. The quantitative estimate of drug-likeness (QED) is 0.571. The number of nitrogens with zero attached hydrogens (tertiary/aromatic N) is 2. The predicted octanol–water partition coefficient (Wildman–Crippen LogP) is 2.80. The molecule has 0 bridgehead atoms.